The fraction of sp³-hybridized carbons (Fsp3) is 0.545. The average molecular weight is 500 g/mol. The summed E-state index contributed by atoms with van der Waals surface area (Å²) in [4.78, 5) is 20.2. The number of nitrogens with one attached hydrogen (secondary N) is 2. The largest absolute Gasteiger partial charge is 0.418 e. The number of aromatic nitrogens is 1. The molecule has 2 fully saturated rings. The third-order valence-corrected chi connectivity index (χ3v) is 6.96. The maximum Gasteiger partial charge on any atom is 0.418 e. The Morgan fingerprint density at radius 3 is 2.74 bits per heavy atom. The SMILES string of the molecule is CC1CC(NS(=O)NC(=O)CN2CCOCC2)CN(c2ccc(C(F)(F)F)c3ncccc23)C1. The Hall–Kier alpha value is -2.28. The number of piperidine rings is 1. The molecule has 1 aromatic heterocycles. The summed E-state index contributed by atoms with van der Waals surface area (Å²) in [6.07, 6.45) is -2.42. The van der Waals surface area contributed by atoms with Crippen LogP contribution in [-0.2, 0) is 26.9 Å². The number of carbonyl (C=O) groups is 1. The van der Waals surface area contributed by atoms with E-state index in [0.717, 1.165) is 12.5 Å². The van der Waals surface area contributed by atoms with Crippen molar-refractivity contribution < 1.29 is 26.9 Å². The first kappa shape index (κ1) is 24.8. The van der Waals surface area contributed by atoms with Gasteiger partial charge in [-0.05, 0) is 36.6 Å². The molecule has 1 aromatic carbocycles. The van der Waals surface area contributed by atoms with Crippen LogP contribution in [0.15, 0.2) is 30.5 Å². The molecule has 0 spiro atoms. The third kappa shape index (κ3) is 6.04. The molecule has 4 rings (SSSR count). The molecular weight excluding hydrogens is 471 g/mol. The zero-order valence-corrected chi connectivity index (χ0v) is 19.6. The van der Waals surface area contributed by atoms with E-state index in [2.05, 4.69) is 14.4 Å². The minimum absolute atomic E-state index is 0.0887. The summed E-state index contributed by atoms with van der Waals surface area (Å²) in [5.74, 6) is -0.144. The van der Waals surface area contributed by atoms with Crippen molar-refractivity contribution >= 4 is 33.7 Å². The van der Waals surface area contributed by atoms with Crippen molar-refractivity contribution in [2.75, 3.05) is 50.8 Å². The summed E-state index contributed by atoms with van der Waals surface area (Å²) in [6.45, 7) is 5.70. The first-order valence-electron chi connectivity index (χ1n) is 11.2. The van der Waals surface area contributed by atoms with E-state index in [1.807, 2.05) is 16.7 Å². The normalized spacial score (nSPS) is 23.1. The molecule has 0 radical (unpaired) electrons. The van der Waals surface area contributed by atoms with Crippen LogP contribution < -0.4 is 14.3 Å². The number of morpholine rings is 1. The predicted octanol–water partition coefficient (Wildman–Crippen LogP) is 2.09. The number of ether oxygens (including phenoxy) is 1. The Morgan fingerprint density at radius 2 is 2.00 bits per heavy atom. The van der Waals surface area contributed by atoms with Gasteiger partial charge in [0.1, 0.15) is 0 Å². The van der Waals surface area contributed by atoms with Gasteiger partial charge in [-0.2, -0.15) is 13.2 Å². The molecule has 2 aliphatic rings. The van der Waals surface area contributed by atoms with Gasteiger partial charge >= 0.3 is 6.18 Å². The van der Waals surface area contributed by atoms with Crippen LogP contribution >= 0.6 is 0 Å². The number of nitrogens with zero attached hydrogens (tertiary/aromatic N) is 3. The van der Waals surface area contributed by atoms with Crippen LogP contribution in [0.25, 0.3) is 10.9 Å². The lowest BCUT2D eigenvalue weighted by molar-refractivity contribution is -0.136. The van der Waals surface area contributed by atoms with E-state index in [4.69, 9.17) is 4.74 Å². The van der Waals surface area contributed by atoms with Crippen molar-refractivity contribution in [3.63, 3.8) is 0 Å². The summed E-state index contributed by atoms with van der Waals surface area (Å²) in [5.41, 5.74) is -0.207. The number of anilines is 1. The molecule has 2 aliphatic heterocycles. The Labute approximate surface area is 198 Å². The lowest BCUT2D eigenvalue weighted by Crippen LogP contribution is -2.52. The van der Waals surface area contributed by atoms with Gasteiger partial charge in [0.25, 0.3) is 0 Å². The van der Waals surface area contributed by atoms with Crippen molar-refractivity contribution in [2.24, 2.45) is 5.92 Å². The lowest BCUT2D eigenvalue weighted by Gasteiger charge is -2.38. The molecule has 0 bridgehead atoms. The van der Waals surface area contributed by atoms with Crippen LogP contribution in [0.4, 0.5) is 18.9 Å². The topological polar surface area (TPSA) is 86.8 Å². The molecule has 1 amide bonds. The van der Waals surface area contributed by atoms with Crippen LogP contribution in [0, 0.1) is 5.92 Å². The van der Waals surface area contributed by atoms with Crippen LogP contribution in [-0.4, -0.2) is 72.0 Å². The average Bonchev–Trinajstić information content (AvgIpc) is 2.77. The molecule has 2 saturated heterocycles. The highest BCUT2D eigenvalue weighted by Gasteiger charge is 2.35. The van der Waals surface area contributed by atoms with E-state index < -0.39 is 22.9 Å². The molecule has 0 aliphatic carbocycles. The molecule has 8 nitrogen and oxygen atoms in total. The first-order valence-corrected chi connectivity index (χ1v) is 12.3. The Balaban J connectivity index is 1.44. The maximum atomic E-state index is 13.5. The number of hydrogen-bond donors (Lipinski definition) is 2. The fourth-order valence-corrected chi connectivity index (χ4v) is 5.38. The number of alkyl halides is 3. The van der Waals surface area contributed by atoms with Gasteiger partial charge in [-0.15, -0.1) is 0 Å². The van der Waals surface area contributed by atoms with Gasteiger partial charge < -0.3 is 9.64 Å². The van der Waals surface area contributed by atoms with E-state index in [-0.39, 0.29) is 29.9 Å². The van der Waals surface area contributed by atoms with E-state index in [9.17, 15) is 22.2 Å². The summed E-state index contributed by atoms with van der Waals surface area (Å²) in [7, 11) is 0. The van der Waals surface area contributed by atoms with Crippen LogP contribution in [0.5, 0.6) is 0 Å². The number of amides is 1. The predicted molar refractivity (Wildman–Crippen MR) is 123 cm³/mol. The number of fused-ring (bicyclic) bond motifs is 1. The second kappa shape index (κ2) is 10.5. The van der Waals surface area contributed by atoms with Crippen molar-refractivity contribution in [1.29, 1.82) is 0 Å². The van der Waals surface area contributed by atoms with Crippen molar-refractivity contribution in [2.45, 2.75) is 25.6 Å². The summed E-state index contributed by atoms with van der Waals surface area (Å²) >= 11 is -1.78. The zero-order chi connectivity index (χ0) is 24.3. The molecule has 3 atom stereocenters. The van der Waals surface area contributed by atoms with Crippen molar-refractivity contribution in [3.05, 3.63) is 36.0 Å². The van der Waals surface area contributed by atoms with Crippen LogP contribution in [0.3, 0.4) is 0 Å². The first-order chi connectivity index (χ1) is 16.2. The summed E-state index contributed by atoms with van der Waals surface area (Å²) in [6, 6.07) is 5.58. The molecule has 12 heteroatoms. The fourth-order valence-electron chi connectivity index (χ4n) is 4.57. The number of benzene rings is 1. The smallest absolute Gasteiger partial charge is 0.379 e. The van der Waals surface area contributed by atoms with E-state index >= 15 is 0 Å². The van der Waals surface area contributed by atoms with Gasteiger partial charge in [-0.25, -0.2) is 8.93 Å². The maximum absolute atomic E-state index is 13.5. The van der Waals surface area contributed by atoms with Gasteiger partial charge in [0.2, 0.25) is 5.91 Å². The van der Waals surface area contributed by atoms with Crippen molar-refractivity contribution in [3.8, 4) is 0 Å². The number of carbonyl (C=O) groups excluding carboxylic acids is 1. The third-order valence-electron chi connectivity index (χ3n) is 6.00. The molecule has 186 valence electrons. The van der Waals surface area contributed by atoms with Gasteiger partial charge in [0.15, 0.2) is 11.2 Å². The monoisotopic (exact) mass is 499 g/mol. The van der Waals surface area contributed by atoms with Gasteiger partial charge in [-0.1, -0.05) is 6.92 Å². The summed E-state index contributed by atoms with van der Waals surface area (Å²) < 4.78 is 63.7. The Kier molecular flexibility index (Phi) is 7.70. The van der Waals surface area contributed by atoms with E-state index in [1.54, 1.807) is 12.1 Å². The molecule has 0 saturated carbocycles. The second-order valence-electron chi connectivity index (χ2n) is 8.77. The lowest BCUT2D eigenvalue weighted by atomic mass is 9.95. The minimum Gasteiger partial charge on any atom is -0.379 e. The molecule has 3 unspecified atom stereocenters. The number of hydrogen-bond acceptors (Lipinski definition) is 6. The summed E-state index contributed by atoms with van der Waals surface area (Å²) in [5, 5.41) is 0.421. The number of rotatable bonds is 6. The van der Waals surface area contributed by atoms with Gasteiger partial charge in [0, 0.05) is 49.5 Å². The van der Waals surface area contributed by atoms with Crippen molar-refractivity contribution in [1.82, 2.24) is 19.3 Å². The number of pyridine rings is 1. The van der Waals surface area contributed by atoms with Crippen LogP contribution in [0.1, 0.15) is 18.9 Å². The highest BCUT2D eigenvalue weighted by Crippen LogP contribution is 2.38. The molecule has 34 heavy (non-hydrogen) atoms. The van der Waals surface area contributed by atoms with Crippen LogP contribution in [0.2, 0.25) is 0 Å². The van der Waals surface area contributed by atoms with Gasteiger partial charge in [0.05, 0.1) is 30.8 Å². The highest BCUT2D eigenvalue weighted by molar-refractivity contribution is 7.81. The minimum atomic E-state index is -4.50. The molecule has 3 heterocycles. The van der Waals surface area contributed by atoms with E-state index in [0.29, 0.717) is 50.5 Å². The molecule has 2 N–H and O–H groups in total. The second-order valence-corrected chi connectivity index (χ2v) is 9.75. The quantitative estimate of drug-likeness (QED) is 0.633. The number of halogens is 3. The standard InChI is InChI=1S/C22H28F3N5O3S/c1-15-11-16(27-34(32)28-20(31)14-29-7-9-33-10-8-29)13-30(12-15)19-5-4-18(22(23,24)25)21-17(19)3-2-6-26-21/h2-6,15-16,27H,7-14H2,1H3,(H,28,31). The molecule has 2 aromatic rings. The Bertz CT molecular complexity index is 1050. The highest BCUT2D eigenvalue weighted by atomic mass is 32.2. The van der Waals surface area contributed by atoms with E-state index in [1.165, 1.54) is 12.3 Å². The van der Waals surface area contributed by atoms with Gasteiger partial charge in [-0.3, -0.25) is 19.4 Å². The zero-order valence-electron chi connectivity index (χ0n) is 18.8. The molecular formula is C22H28F3N5O3S. The Morgan fingerprint density at radius 1 is 1.24 bits per heavy atom.